The topological polar surface area (TPSA) is 77.0 Å². The van der Waals surface area contributed by atoms with Crippen molar-refractivity contribution in [2.24, 2.45) is 0 Å². The minimum atomic E-state index is -0.306. The molecule has 0 aliphatic carbocycles. The molecule has 0 spiro atoms. The van der Waals surface area contributed by atoms with E-state index in [2.05, 4.69) is 26.1 Å². The minimum Gasteiger partial charge on any atom is -0.493 e. The number of carbonyl (C=O) groups is 1. The van der Waals surface area contributed by atoms with E-state index in [1.54, 1.807) is 12.1 Å². The predicted octanol–water partition coefficient (Wildman–Crippen LogP) is 7.85. The minimum absolute atomic E-state index is 0.186. The van der Waals surface area contributed by atoms with Crippen molar-refractivity contribution >= 4 is 5.97 Å². The Morgan fingerprint density at radius 2 is 1.24 bits per heavy atom. The smallest absolute Gasteiger partial charge is 0.338 e. The van der Waals surface area contributed by atoms with E-state index in [4.69, 9.17) is 19.3 Å². The summed E-state index contributed by atoms with van der Waals surface area (Å²) in [7, 11) is 0. The van der Waals surface area contributed by atoms with Crippen molar-refractivity contribution in [1.29, 1.82) is 0 Å². The van der Waals surface area contributed by atoms with Crippen LogP contribution in [0, 0.1) is 0 Å². The average molecular weight is 536 g/mol. The third-order valence-electron chi connectivity index (χ3n) is 6.77. The molecule has 0 aromatic heterocycles. The lowest BCUT2D eigenvalue weighted by molar-refractivity contribution is 0.0496. The van der Waals surface area contributed by atoms with Crippen LogP contribution in [-0.2, 0) is 4.74 Å². The molecule has 0 saturated carbocycles. The third-order valence-corrected chi connectivity index (χ3v) is 6.77. The van der Waals surface area contributed by atoms with Gasteiger partial charge in [0, 0.05) is 18.7 Å². The quantitative estimate of drug-likeness (QED) is 0.0929. The highest BCUT2D eigenvalue weighted by molar-refractivity contribution is 5.90. The number of rotatable bonds is 26. The Morgan fingerprint density at radius 1 is 0.737 bits per heavy atom. The highest BCUT2D eigenvalue weighted by Crippen LogP contribution is 2.25. The first kappa shape index (κ1) is 34.2. The molecule has 0 radical (unpaired) electrons. The first-order valence-electron chi connectivity index (χ1n) is 15.5. The van der Waals surface area contributed by atoms with E-state index in [1.165, 1.54) is 51.4 Å². The van der Waals surface area contributed by atoms with Crippen LogP contribution >= 0.6 is 0 Å². The lowest BCUT2D eigenvalue weighted by atomic mass is 10.1. The molecule has 0 heterocycles. The number of aliphatic hydroxyl groups is 1. The number of esters is 1. The van der Waals surface area contributed by atoms with Crippen LogP contribution in [0.3, 0.4) is 0 Å². The molecule has 0 bridgehead atoms. The van der Waals surface area contributed by atoms with E-state index >= 15 is 0 Å². The molecule has 0 fully saturated rings. The zero-order chi connectivity index (χ0) is 27.7. The van der Waals surface area contributed by atoms with Gasteiger partial charge in [-0.05, 0) is 44.7 Å². The molecule has 0 aliphatic rings. The molecular weight excluding hydrogens is 478 g/mol. The molecular formula is C32H57NO5. The lowest BCUT2D eigenvalue weighted by Crippen LogP contribution is -2.28. The maximum atomic E-state index is 12.7. The summed E-state index contributed by atoms with van der Waals surface area (Å²) in [5, 5.41) is 12.2. The summed E-state index contributed by atoms with van der Waals surface area (Å²) in [5.74, 6) is 1.04. The Hall–Kier alpha value is -1.79. The van der Waals surface area contributed by atoms with E-state index in [9.17, 15) is 4.79 Å². The second kappa shape index (κ2) is 24.3. The second-order valence-corrected chi connectivity index (χ2v) is 10.5. The summed E-state index contributed by atoms with van der Waals surface area (Å²) in [6, 6.07) is 5.90. The number of aliphatic hydroxyl groups excluding tert-OH is 1. The fourth-order valence-corrected chi connectivity index (χ4v) is 4.39. The van der Waals surface area contributed by atoms with Gasteiger partial charge in [0.05, 0.1) is 32.0 Å². The Bertz CT molecular complexity index is 696. The summed E-state index contributed by atoms with van der Waals surface area (Å²) in [6.07, 6.45) is 18.4. The fourth-order valence-electron chi connectivity index (χ4n) is 4.39. The predicted molar refractivity (Wildman–Crippen MR) is 157 cm³/mol. The number of nitrogens with one attached hydrogen (secondary N) is 1. The molecule has 1 aromatic carbocycles. The Labute approximate surface area is 233 Å². The number of benzene rings is 1. The molecule has 6 heteroatoms. The van der Waals surface area contributed by atoms with Gasteiger partial charge in [0.15, 0.2) is 0 Å². The van der Waals surface area contributed by atoms with Gasteiger partial charge in [-0.1, -0.05) is 90.9 Å². The van der Waals surface area contributed by atoms with E-state index in [1.807, 2.05) is 6.07 Å². The third kappa shape index (κ3) is 18.5. The lowest BCUT2D eigenvalue weighted by Gasteiger charge is -2.13. The van der Waals surface area contributed by atoms with Crippen molar-refractivity contribution in [3.05, 3.63) is 23.8 Å². The highest BCUT2D eigenvalue weighted by atomic mass is 16.5. The average Bonchev–Trinajstić information content (AvgIpc) is 2.92. The molecule has 220 valence electrons. The largest absolute Gasteiger partial charge is 0.493 e. The van der Waals surface area contributed by atoms with Gasteiger partial charge in [0.25, 0.3) is 0 Å². The summed E-state index contributed by atoms with van der Waals surface area (Å²) in [6.45, 7) is 9.15. The standard InChI is InChI=1S/C32H57NO5/c1-4-6-8-10-13-16-22-36-30-25-29(32(35)38-24-18-12-9-7-5-2)26-31(27-30)37-23-17-14-11-15-19-28(3)33-20-21-34/h25-28,33-34H,4-24H2,1-3H3. The van der Waals surface area contributed by atoms with Crippen LogP contribution in [0.2, 0.25) is 0 Å². The van der Waals surface area contributed by atoms with Gasteiger partial charge in [0.2, 0.25) is 0 Å². The second-order valence-electron chi connectivity index (χ2n) is 10.5. The Morgan fingerprint density at radius 3 is 1.79 bits per heavy atom. The molecule has 1 rings (SSSR count). The molecule has 1 atom stereocenters. The molecule has 38 heavy (non-hydrogen) atoms. The van der Waals surface area contributed by atoms with Crippen LogP contribution in [0.4, 0.5) is 0 Å². The number of ether oxygens (including phenoxy) is 3. The van der Waals surface area contributed by atoms with Gasteiger partial charge in [-0.15, -0.1) is 0 Å². The molecule has 1 aromatic rings. The van der Waals surface area contributed by atoms with Crippen LogP contribution in [0.15, 0.2) is 18.2 Å². The van der Waals surface area contributed by atoms with Crippen molar-refractivity contribution in [2.45, 2.75) is 130 Å². The monoisotopic (exact) mass is 535 g/mol. The molecule has 2 N–H and O–H groups in total. The van der Waals surface area contributed by atoms with Crippen molar-refractivity contribution in [1.82, 2.24) is 5.32 Å². The Balaban J connectivity index is 2.51. The first-order chi connectivity index (χ1) is 18.6. The van der Waals surface area contributed by atoms with Crippen LogP contribution in [0.25, 0.3) is 0 Å². The van der Waals surface area contributed by atoms with E-state index in [0.29, 0.717) is 49.5 Å². The number of hydrogen-bond donors (Lipinski definition) is 2. The Kier molecular flexibility index (Phi) is 21.9. The van der Waals surface area contributed by atoms with E-state index in [0.717, 1.165) is 51.4 Å². The SMILES string of the molecule is CCCCCCCCOc1cc(OCCCCCCC(C)NCCO)cc(C(=O)OCCCCCCC)c1. The summed E-state index contributed by atoms with van der Waals surface area (Å²) in [4.78, 5) is 12.7. The van der Waals surface area contributed by atoms with Gasteiger partial charge >= 0.3 is 5.97 Å². The maximum Gasteiger partial charge on any atom is 0.338 e. The van der Waals surface area contributed by atoms with Crippen molar-refractivity contribution < 1.29 is 24.1 Å². The zero-order valence-electron chi connectivity index (χ0n) is 24.7. The van der Waals surface area contributed by atoms with E-state index in [-0.39, 0.29) is 12.6 Å². The van der Waals surface area contributed by atoms with Crippen LogP contribution in [0.5, 0.6) is 11.5 Å². The van der Waals surface area contributed by atoms with Crippen molar-refractivity contribution in [3.63, 3.8) is 0 Å². The molecule has 6 nitrogen and oxygen atoms in total. The molecule has 1 unspecified atom stereocenters. The maximum absolute atomic E-state index is 12.7. The highest BCUT2D eigenvalue weighted by Gasteiger charge is 2.12. The van der Waals surface area contributed by atoms with Crippen LogP contribution in [0.1, 0.15) is 134 Å². The summed E-state index contributed by atoms with van der Waals surface area (Å²) >= 11 is 0. The molecule has 0 aliphatic heterocycles. The van der Waals surface area contributed by atoms with Gasteiger partial charge < -0.3 is 24.6 Å². The van der Waals surface area contributed by atoms with Crippen molar-refractivity contribution in [3.8, 4) is 11.5 Å². The number of carbonyl (C=O) groups excluding carboxylic acids is 1. The molecule has 0 saturated heterocycles. The molecule has 0 amide bonds. The van der Waals surface area contributed by atoms with Gasteiger partial charge in [-0.3, -0.25) is 0 Å². The van der Waals surface area contributed by atoms with Crippen molar-refractivity contribution in [2.75, 3.05) is 33.0 Å². The normalized spacial score (nSPS) is 11.9. The van der Waals surface area contributed by atoms with Crippen LogP contribution < -0.4 is 14.8 Å². The van der Waals surface area contributed by atoms with Crippen LogP contribution in [-0.4, -0.2) is 50.1 Å². The number of unbranched alkanes of at least 4 members (excludes halogenated alkanes) is 12. The zero-order valence-corrected chi connectivity index (χ0v) is 24.7. The summed E-state index contributed by atoms with van der Waals surface area (Å²) < 4.78 is 17.6. The fraction of sp³-hybridized carbons (Fsp3) is 0.781. The van der Waals surface area contributed by atoms with Gasteiger partial charge in [-0.2, -0.15) is 0 Å². The van der Waals surface area contributed by atoms with Gasteiger partial charge in [0.1, 0.15) is 11.5 Å². The first-order valence-corrected chi connectivity index (χ1v) is 15.5. The van der Waals surface area contributed by atoms with Gasteiger partial charge in [-0.25, -0.2) is 4.79 Å². The summed E-state index contributed by atoms with van der Waals surface area (Å²) in [5.41, 5.74) is 0.498. The van der Waals surface area contributed by atoms with E-state index < -0.39 is 0 Å². The number of hydrogen-bond acceptors (Lipinski definition) is 6.